The van der Waals surface area contributed by atoms with Gasteiger partial charge in [0.15, 0.2) is 0 Å². The van der Waals surface area contributed by atoms with Gasteiger partial charge in [0.1, 0.15) is 11.9 Å². The number of nitrogens with two attached hydrogens (primary N) is 1. The fraction of sp³-hybridized carbons (Fsp3) is 0.519. The molecule has 3 aliphatic rings. The summed E-state index contributed by atoms with van der Waals surface area (Å²) in [4.78, 5) is 12.6. The van der Waals surface area contributed by atoms with Crippen LogP contribution in [0.25, 0.3) is 0 Å². The van der Waals surface area contributed by atoms with Gasteiger partial charge in [-0.15, -0.1) is 0 Å². The summed E-state index contributed by atoms with van der Waals surface area (Å²) in [7, 11) is -3.74. The minimum atomic E-state index is -3.74. The number of fused-ring (bicyclic) bond motifs is 5. The van der Waals surface area contributed by atoms with E-state index in [9.17, 15) is 23.4 Å². The Morgan fingerprint density at radius 3 is 2.67 bits per heavy atom. The van der Waals surface area contributed by atoms with E-state index in [0.29, 0.717) is 30.6 Å². The first-order valence-electron chi connectivity index (χ1n) is 12.6. The molecule has 8 nitrogen and oxygen atoms in total. The summed E-state index contributed by atoms with van der Waals surface area (Å²) in [6, 6.07) is 11.9. The first kappa shape index (κ1) is 25.2. The molecule has 0 spiro atoms. The number of aliphatic hydroxyl groups is 1. The highest BCUT2D eigenvalue weighted by molar-refractivity contribution is 7.89. The molecule has 0 amide bonds. The van der Waals surface area contributed by atoms with Crippen LogP contribution < -0.4 is 10.5 Å². The number of aliphatic hydroxyl groups excluding tert-OH is 1. The lowest BCUT2D eigenvalue weighted by Crippen LogP contribution is -2.45. The number of phenolic OH excluding ortho intramolecular Hbond substituents is 1. The first-order valence-corrected chi connectivity index (χ1v) is 14.1. The van der Waals surface area contributed by atoms with Gasteiger partial charge in [0.25, 0.3) is 0 Å². The summed E-state index contributed by atoms with van der Waals surface area (Å²) in [5.74, 6) is 1.01. The van der Waals surface area contributed by atoms with Crippen LogP contribution in [0.4, 0.5) is 0 Å². The van der Waals surface area contributed by atoms with Crippen LogP contribution in [0.2, 0.25) is 0 Å². The molecule has 5 rings (SSSR count). The molecule has 0 heterocycles. The van der Waals surface area contributed by atoms with E-state index in [2.05, 4.69) is 18.3 Å². The third kappa shape index (κ3) is 4.65. The van der Waals surface area contributed by atoms with Gasteiger partial charge in [-0.25, -0.2) is 13.6 Å². The number of phenols is 1. The number of carbonyl (C=O) groups is 1. The van der Waals surface area contributed by atoms with Crippen molar-refractivity contribution in [3.63, 3.8) is 0 Å². The fourth-order valence-electron chi connectivity index (χ4n) is 6.96. The largest absolute Gasteiger partial charge is 0.508 e. The molecule has 0 radical (unpaired) electrons. The van der Waals surface area contributed by atoms with Crippen LogP contribution in [0.15, 0.2) is 47.4 Å². The molecule has 0 saturated heterocycles. The van der Waals surface area contributed by atoms with Gasteiger partial charge < -0.3 is 20.3 Å². The number of hydrogen-bond donors (Lipinski definition) is 4. The molecule has 0 aromatic heterocycles. The molecule has 36 heavy (non-hydrogen) atoms. The Kier molecular flexibility index (Phi) is 6.61. The molecular formula is C27H34N2O6S. The van der Waals surface area contributed by atoms with E-state index in [1.807, 2.05) is 6.07 Å². The molecule has 2 aromatic carbocycles. The molecule has 9 heteroatoms. The van der Waals surface area contributed by atoms with E-state index in [0.717, 1.165) is 31.2 Å². The molecule has 6 unspecified atom stereocenters. The Balaban J connectivity index is 1.18. The predicted molar refractivity (Wildman–Crippen MR) is 134 cm³/mol. The summed E-state index contributed by atoms with van der Waals surface area (Å²) in [6.07, 6.45) is 3.23. The van der Waals surface area contributed by atoms with Crippen molar-refractivity contribution in [3.8, 4) is 5.75 Å². The van der Waals surface area contributed by atoms with Crippen LogP contribution in [0.1, 0.15) is 55.2 Å². The second-order valence-electron chi connectivity index (χ2n) is 10.8. The van der Waals surface area contributed by atoms with Gasteiger partial charge in [-0.2, -0.15) is 0 Å². The highest BCUT2D eigenvalue weighted by atomic mass is 32.2. The van der Waals surface area contributed by atoms with Crippen molar-refractivity contribution in [2.24, 2.45) is 22.4 Å². The Hall–Kier alpha value is -2.46. The van der Waals surface area contributed by atoms with Gasteiger partial charge in [-0.05, 0) is 90.8 Å². The molecule has 6 atom stereocenters. The van der Waals surface area contributed by atoms with Crippen molar-refractivity contribution in [3.05, 3.63) is 59.2 Å². The number of aromatic hydroxyl groups is 1. The molecular weight excluding hydrogens is 480 g/mol. The number of esters is 1. The molecule has 2 fully saturated rings. The quantitative estimate of drug-likeness (QED) is 0.435. The van der Waals surface area contributed by atoms with Crippen LogP contribution >= 0.6 is 0 Å². The van der Waals surface area contributed by atoms with E-state index < -0.39 is 28.2 Å². The van der Waals surface area contributed by atoms with Gasteiger partial charge in [0.05, 0.1) is 17.5 Å². The Bertz CT molecular complexity index is 1250. The van der Waals surface area contributed by atoms with Crippen molar-refractivity contribution in [1.82, 2.24) is 5.32 Å². The number of hydrogen-bond acceptors (Lipinski definition) is 7. The zero-order valence-corrected chi connectivity index (χ0v) is 21.2. The molecule has 0 bridgehead atoms. The zero-order valence-electron chi connectivity index (χ0n) is 20.4. The molecule has 194 valence electrons. The molecule has 0 aliphatic heterocycles. The van der Waals surface area contributed by atoms with Gasteiger partial charge in [-0.3, -0.25) is 4.79 Å². The van der Waals surface area contributed by atoms with Gasteiger partial charge in [0.2, 0.25) is 10.0 Å². The first-order chi connectivity index (χ1) is 17.1. The van der Waals surface area contributed by atoms with Crippen molar-refractivity contribution >= 4 is 16.0 Å². The third-order valence-electron chi connectivity index (χ3n) is 8.79. The van der Waals surface area contributed by atoms with Crippen LogP contribution in [0.5, 0.6) is 5.75 Å². The van der Waals surface area contributed by atoms with E-state index in [1.165, 1.54) is 23.3 Å². The Labute approximate surface area is 211 Å². The van der Waals surface area contributed by atoms with E-state index in [-0.39, 0.29) is 22.8 Å². The molecule has 2 aromatic rings. The predicted octanol–water partition coefficient (Wildman–Crippen LogP) is 2.57. The number of ether oxygens (including phenoxy) is 1. The highest BCUT2D eigenvalue weighted by Gasteiger charge is 2.59. The summed E-state index contributed by atoms with van der Waals surface area (Å²) in [5.41, 5.74) is 3.08. The van der Waals surface area contributed by atoms with Crippen molar-refractivity contribution in [2.45, 2.75) is 68.6 Å². The van der Waals surface area contributed by atoms with E-state index in [1.54, 1.807) is 18.2 Å². The van der Waals surface area contributed by atoms with Crippen LogP contribution in [0, 0.1) is 17.3 Å². The third-order valence-corrected chi connectivity index (χ3v) is 9.72. The SMILES string of the molecule is CC12CCC3c4ccc(O)cc4CCC3C1CC(OC(=O)CNCc1ccc(S(N)(=O)=O)cc1)C2O. The smallest absolute Gasteiger partial charge is 0.320 e. The van der Waals surface area contributed by atoms with Crippen LogP contribution in [-0.2, 0) is 32.5 Å². The fourth-order valence-corrected chi connectivity index (χ4v) is 7.48. The monoisotopic (exact) mass is 514 g/mol. The number of rotatable bonds is 6. The summed E-state index contributed by atoms with van der Waals surface area (Å²) >= 11 is 0. The number of carbonyl (C=O) groups excluding carboxylic acids is 1. The van der Waals surface area contributed by atoms with E-state index in [4.69, 9.17) is 9.88 Å². The van der Waals surface area contributed by atoms with Crippen LogP contribution in [0.3, 0.4) is 0 Å². The van der Waals surface area contributed by atoms with Gasteiger partial charge >= 0.3 is 5.97 Å². The van der Waals surface area contributed by atoms with E-state index >= 15 is 0 Å². The second kappa shape index (κ2) is 9.45. The summed E-state index contributed by atoms with van der Waals surface area (Å²) < 4.78 is 28.5. The zero-order chi connectivity index (χ0) is 25.7. The van der Waals surface area contributed by atoms with Crippen molar-refractivity contribution in [1.29, 1.82) is 0 Å². The molecule has 3 aliphatic carbocycles. The Morgan fingerprint density at radius 2 is 1.94 bits per heavy atom. The number of sulfonamides is 1. The highest BCUT2D eigenvalue weighted by Crippen LogP contribution is 2.61. The normalized spacial score (nSPS) is 31.2. The number of benzene rings is 2. The maximum atomic E-state index is 12.6. The lowest BCUT2D eigenvalue weighted by Gasteiger charge is -2.49. The topological polar surface area (TPSA) is 139 Å². The molecule has 2 saturated carbocycles. The van der Waals surface area contributed by atoms with Crippen molar-refractivity contribution < 1.29 is 28.2 Å². The minimum absolute atomic E-state index is 0.00946. The second-order valence-corrected chi connectivity index (χ2v) is 12.4. The number of nitrogens with one attached hydrogen (secondary N) is 1. The standard InChI is InChI=1S/C27H34N2O6S/c1-27-11-10-21-20-9-5-18(30)12-17(20)4-8-22(21)23(27)13-24(26(27)32)35-25(31)15-29-14-16-2-6-19(7-3-16)36(28,33)34/h2-3,5-7,9,12,21-24,26,29-30,32H,4,8,10-11,13-15H2,1H3,(H2,28,33,34). The summed E-state index contributed by atoms with van der Waals surface area (Å²) in [5, 5.41) is 29.2. The average Bonchev–Trinajstić information content (AvgIpc) is 3.08. The maximum absolute atomic E-state index is 12.6. The van der Waals surface area contributed by atoms with Crippen LogP contribution in [-0.4, -0.2) is 43.4 Å². The molecule has 5 N–H and O–H groups in total. The van der Waals surface area contributed by atoms with Gasteiger partial charge in [0, 0.05) is 12.0 Å². The number of aryl methyl sites for hydroxylation is 1. The summed E-state index contributed by atoms with van der Waals surface area (Å²) in [6.45, 7) is 2.50. The lowest BCUT2D eigenvalue weighted by molar-refractivity contribution is -0.154. The minimum Gasteiger partial charge on any atom is -0.508 e. The maximum Gasteiger partial charge on any atom is 0.320 e. The van der Waals surface area contributed by atoms with Gasteiger partial charge in [-0.1, -0.05) is 25.1 Å². The Morgan fingerprint density at radius 1 is 1.19 bits per heavy atom. The average molecular weight is 515 g/mol. The van der Waals surface area contributed by atoms with Crippen molar-refractivity contribution in [2.75, 3.05) is 6.54 Å². The number of primary sulfonamides is 1. The lowest BCUT2D eigenvalue weighted by atomic mass is 9.55.